The van der Waals surface area contributed by atoms with Gasteiger partial charge in [0.05, 0.1) is 30.8 Å². The second-order valence-electron chi connectivity index (χ2n) is 5.66. The lowest BCUT2D eigenvalue weighted by molar-refractivity contribution is -0.384. The highest BCUT2D eigenvalue weighted by Gasteiger charge is 2.17. The van der Waals surface area contributed by atoms with Crippen molar-refractivity contribution in [2.75, 3.05) is 44.6 Å². The number of amides is 1. The monoisotopic (exact) mass is 389 g/mol. The first kappa shape index (κ1) is 21.0. The quantitative estimate of drug-likeness (QED) is 0.364. The van der Waals surface area contributed by atoms with E-state index in [1.54, 1.807) is 25.3 Å². The Balaban J connectivity index is 2.28. The Morgan fingerprint density at radius 1 is 1.14 bits per heavy atom. The number of benzene rings is 2. The maximum Gasteiger partial charge on any atom is 0.270 e. The largest absolute Gasteiger partial charge is 0.493 e. The zero-order chi connectivity index (χ0) is 20.5. The molecule has 150 valence electrons. The summed E-state index contributed by atoms with van der Waals surface area (Å²) in [4.78, 5) is 23.3. The summed E-state index contributed by atoms with van der Waals surface area (Å²) in [6, 6.07) is 9.05. The number of hydrogen-bond acceptors (Lipinski definition) is 7. The number of ether oxygens (including phenoxy) is 3. The summed E-state index contributed by atoms with van der Waals surface area (Å²) < 4.78 is 15.7. The number of non-ortho nitro benzene ring substituents is 1. The average Bonchev–Trinajstić information content (AvgIpc) is 2.69. The van der Waals surface area contributed by atoms with E-state index in [0.717, 1.165) is 0 Å². The highest BCUT2D eigenvalue weighted by molar-refractivity contribution is 6.08. The lowest BCUT2D eigenvalue weighted by Gasteiger charge is -2.14. The van der Waals surface area contributed by atoms with Gasteiger partial charge in [0.1, 0.15) is 0 Å². The van der Waals surface area contributed by atoms with Gasteiger partial charge in [-0.25, -0.2) is 0 Å². The van der Waals surface area contributed by atoms with Gasteiger partial charge in [0, 0.05) is 43.2 Å². The van der Waals surface area contributed by atoms with E-state index in [4.69, 9.17) is 14.2 Å². The van der Waals surface area contributed by atoms with Crippen molar-refractivity contribution in [3.63, 3.8) is 0 Å². The second-order valence-corrected chi connectivity index (χ2v) is 5.66. The highest BCUT2D eigenvalue weighted by Crippen LogP contribution is 2.31. The molecule has 9 nitrogen and oxygen atoms in total. The van der Waals surface area contributed by atoms with E-state index >= 15 is 0 Å². The fraction of sp³-hybridized carbons (Fsp3) is 0.316. The van der Waals surface area contributed by atoms with Crippen LogP contribution in [0.5, 0.6) is 11.5 Å². The molecule has 0 bridgehead atoms. The van der Waals surface area contributed by atoms with E-state index in [2.05, 4.69) is 10.6 Å². The molecule has 0 aliphatic rings. The first-order valence-corrected chi connectivity index (χ1v) is 8.63. The Labute approximate surface area is 162 Å². The normalized spacial score (nSPS) is 10.2. The van der Waals surface area contributed by atoms with Crippen molar-refractivity contribution < 1.29 is 23.9 Å². The van der Waals surface area contributed by atoms with E-state index in [0.29, 0.717) is 42.6 Å². The third-order valence-electron chi connectivity index (χ3n) is 3.80. The Hall–Kier alpha value is -3.33. The van der Waals surface area contributed by atoms with Crippen LogP contribution >= 0.6 is 0 Å². The van der Waals surface area contributed by atoms with E-state index in [1.807, 2.05) is 6.92 Å². The Bertz CT molecular complexity index is 840. The van der Waals surface area contributed by atoms with Crippen molar-refractivity contribution in [3.05, 3.63) is 52.1 Å². The highest BCUT2D eigenvalue weighted by atomic mass is 16.6. The minimum Gasteiger partial charge on any atom is -0.493 e. The SMILES string of the molecule is CCOc1ccc(NC(=O)c2cc([N+](=O)[O-])ccc2NCCOC)cc1OC. The van der Waals surface area contributed by atoms with E-state index in [9.17, 15) is 14.9 Å². The van der Waals surface area contributed by atoms with Crippen LogP contribution in [0.25, 0.3) is 0 Å². The summed E-state index contributed by atoms with van der Waals surface area (Å²) >= 11 is 0. The summed E-state index contributed by atoms with van der Waals surface area (Å²) in [5.41, 5.74) is 0.919. The van der Waals surface area contributed by atoms with Crippen LogP contribution in [0.1, 0.15) is 17.3 Å². The molecule has 0 radical (unpaired) electrons. The molecule has 0 aliphatic heterocycles. The van der Waals surface area contributed by atoms with Crippen LogP contribution in [-0.2, 0) is 4.74 Å². The third kappa shape index (κ3) is 5.34. The topological polar surface area (TPSA) is 112 Å². The van der Waals surface area contributed by atoms with Crippen LogP contribution in [-0.4, -0.2) is 44.8 Å². The number of hydrogen-bond donors (Lipinski definition) is 2. The molecule has 0 fully saturated rings. The van der Waals surface area contributed by atoms with Crippen LogP contribution in [0.4, 0.5) is 17.1 Å². The number of rotatable bonds is 10. The van der Waals surface area contributed by atoms with Gasteiger partial charge in [0.2, 0.25) is 0 Å². The molecule has 0 saturated heterocycles. The number of nitro benzene ring substituents is 1. The number of methoxy groups -OCH3 is 2. The first-order chi connectivity index (χ1) is 13.5. The van der Waals surface area contributed by atoms with Gasteiger partial charge in [0.15, 0.2) is 11.5 Å². The van der Waals surface area contributed by atoms with E-state index in [1.165, 1.54) is 25.3 Å². The Morgan fingerprint density at radius 3 is 2.57 bits per heavy atom. The fourth-order valence-corrected chi connectivity index (χ4v) is 2.49. The number of carbonyl (C=O) groups excluding carboxylic acids is 1. The maximum absolute atomic E-state index is 12.8. The van der Waals surface area contributed by atoms with Crippen molar-refractivity contribution in [2.45, 2.75) is 6.92 Å². The molecule has 2 rings (SSSR count). The predicted molar refractivity (Wildman–Crippen MR) is 106 cm³/mol. The number of nitrogens with zero attached hydrogens (tertiary/aromatic N) is 1. The van der Waals surface area contributed by atoms with Gasteiger partial charge in [-0.1, -0.05) is 0 Å². The standard InChI is InChI=1S/C19H23N3O6/c1-4-28-17-8-5-13(11-18(17)27-3)21-19(23)15-12-14(22(24)25)6-7-16(15)20-9-10-26-2/h5-8,11-12,20H,4,9-10H2,1-3H3,(H,21,23). The van der Waals surface area contributed by atoms with Gasteiger partial charge in [0.25, 0.3) is 11.6 Å². The molecule has 2 N–H and O–H groups in total. The molecule has 0 unspecified atom stereocenters. The lowest BCUT2D eigenvalue weighted by Crippen LogP contribution is -2.17. The number of nitrogens with one attached hydrogen (secondary N) is 2. The summed E-state index contributed by atoms with van der Waals surface area (Å²) in [5.74, 6) is 0.534. The number of carbonyl (C=O) groups is 1. The number of nitro groups is 1. The van der Waals surface area contributed by atoms with E-state index < -0.39 is 10.8 Å². The molecule has 0 spiro atoms. The van der Waals surface area contributed by atoms with Crippen LogP contribution in [0.3, 0.4) is 0 Å². The van der Waals surface area contributed by atoms with Crippen molar-refractivity contribution in [2.24, 2.45) is 0 Å². The second kappa shape index (κ2) is 10.1. The van der Waals surface area contributed by atoms with Crippen molar-refractivity contribution in [3.8, 4) is 11.5 Å². The molecular formula is C19H23N3O6. The molecule has 0 saturated carbocycles. The molecule has 0 heterocycles. The first-order valence-electron chi connectivity index (χ1n) is 8.63. The molecule has 0 aromatic heterocycles. The van der Waals surface area contributed by atoms with Gasteiger partial charge in [-0.15, -0.1) is 0 Å². The Kier molecular flexibility index (Phi) is 7.58. The zero-order valence-electron chi connectivity index (χ0n) is 16.0. The average molecular weight is 389 g/mol. The van der Waals surface area contributed by atoms with Crippen LogP contribution in [0.15, 0.2) is 36.4 Å². The molecule has 28 heavy (non-hydrogen) atoms. The minimum absolute atomic E-state index is 0.151. The van der Waals surface area contributed by atoms with Crippen molar-refractivity contribution >= 4 is 23.0 Å². The van der Waals surface area contributed by atoms with Crippen molar-refractivity contribution in [1.29, 1.82) is 0 Å². The summed E-state index contributed by atoms with van der Waals surface area (Å²) in [7, 11) is 3.06. The molecule has 0 atom stereocenters. The van der Waals surface area contributed by atoms with E-state index in [-0.39, 0.29) is 11.3 Å². The predicted octanol–water partition coefficient (Wildman–Crippen LogP) is 3.31. The van der Waals surface area contributed by atoms with Gasteiger partial charge in [-0.2, -0.15) is 0 Å². The van der Waals surface area contributed by atoms with Gasteiger partial charge < -0.3 is 24.8 Å². The molecule has 1 amide bonds. The van der Waals surface area contributed by atoms with Crippen LogP contribution in [0, 0.1) is 10.1 Å². The molecule has 2 aromatic carbocycles. The Morgan fingerprint density at radius 2 is 1.93 bits per heavy atom. The van der Waals surface area contributed by atoms with Gasteiger partial charge in [-0.05, 0) is 25.1 Å². The molecule has 0 aliphatic carbocycles. The molecular weight excluding hydrogens is 366 g/mol. The summed E-state index contributed by atoms with van der Waals surface area (Å²) in [6.45, 7) is 3.21. The van der Waals surface area contributed by atoms with Crippen LogP contribution in [0.2, 0.25) is 0 Å². The lowest BCUT2D eigenvalue weighted by atomic mass is 10.1. The third-order valence-corrected chi connectivity index (χ3v) is 3.80. The fourth-order valence-electron chi connectivity index (χ4n) is 2.49. The van der Waals surface area contributed by atoms with Crippen molar-refractivity contribution in [1.82, 2.24) is 0 Å². The number of anilines is 2. The molecule has 2 aromatic rings. The molecule has 9 heteroatoms. The minimum atomic E-state index is -0.546. The van der Waals surface area contributed by atoms with Gasteiger partial charge in [-0.3, -0.25) is 14.9 Å². The summed E-state index contributed by atoms with van der Waals surface area (Å²) in [5, 5.41) is 16.9. The van der Waals surface area contributed by atoms with Crippen LogP contribution < -0.4 is 20.1 Å². The zero-order valence-corrected chi connectivity index (χ0v) is 16.0. The maximum atomic E-state index is 12.8. The smallest absolute Gasteiger partial charge is 0.270 e. The summed E-state index contributed by atoms with van der Waals surface area (Å²) in [6.07, 6.45) is 0. The van der Waals surface area contributed by atoms with Gasteiger partial charge >= 0.3 is 0 Å².